The van der Waals surface area contributed by atoms with Crippen LogP contribution in [0.2, 0.25) is 5.02 Å². The van der Waals surface area contributed by atoms with Crippen LogP contribution in [0.3, 0.4) is 0 Å². The Morgan fingerprint density at radius 2 is 1.83 bits per heavy atom. The second-order valence-electron chi connectivity index (χ2n) is 12.6. The Kier molecular flexibility index (Phi) is 9.20. The van der Waals surface area contributed by atoms with Crippen molar-refractivity contribution in [2.75, 3.05) is 6.54 Å². The van der Waals surface area contributed by atoms with E-state index in [1.54, 1.807) is 29.2 Å². The summed E-state index contributed by atoms with van der Waals surface area (Å²) in [6, 6.07) is 22.1. The van der Waals surface area contributed by atoms with E-state index in [4.69, 9.17) is 16.0 Å². The van der Waals surface area contributed by atoms with E-state index in [1.165, 1.54) is 29.1 Å². The van der Waals surface area contributed by atoms with Crippen molar-refractivity contribution in [3.8, 4) is 5.69 Å². The van der Waals surface area contributed by atoms with Gasteiger partial charge in [-0.3, -0.25) is 14.4 Å². The van der Waals surface area contributed by atoms with Crippen LogP contribution in [0.25, 0.3) is 16.7 Å². The van der Waals surface area contributed by atoms with Crippen molar-refractivity contribution in [1.29, 1.82) is 0 Å². The van der Waals surface area contributed by atoms with Gasteiger partial charge in [0.05, 0.1) is 17.1 Å². The van der Waals surface area contributed by atoms with Crippen molar-refractivity contribution in [3.05, 3.63) is 135 Å². The molecule has 1 saturated heterocycles. The molecule has 10 heteroatoms. The van der Waals surface area contributed by atoms with Crippen LogP contribution < -0.4 is 10.7 Å². The van der Waals surface area contributed by atoms with E-state index in [1.807, 2.05) is 29.2 Å². The Labute approximate surface area is 283 Å². The fraction of sp³-hybridized carbons (Fsp3) is 0.289. The predicted octanol–water partition coefficient (Wildman–Crippen LogP) is 6.77. The Balaban J connectivity index is 1.08. The topological polar surface area (TPSA) is 110 Å². The first kappa shape index (κ1) is 31.6. The molecule has 244 valence electrons. The Bertz CT molecular complexity index is 2030. The molecule has 0 spiro atoms. The largest absolute Gasteiger partial charge is 0.451 e. The number of halogens is 1. The lowest BCUT2D eigenvalue weighted by Crippen LogP contribution is -2.36. The highest BCUT2D eigenvalue weighted by molar-refractivity contribution is 6.30. The van der Waals surface area contributed by atoms with Gasteiger partial charge in [-0.05, 0) is 91.5 Å². The third-order valence-electron chi connectivity index (χ3n) is 9.40. The van der Waals surface area contributed by atoms with Gasteiger partial charge in [0.25, 0.3) is 5.91 Å². The molecule has 1 N–H and O–H groups in total. The quantitative estimate of drug-likeness (QED) is 0.175. The lowest BCUT2D eigenvalue weighted by atomic mass is 9.79. The van der Waals surface area contributed by atoms with E-state index >= 15 is 0 Å². The number of likely N-dealkylation sites (tertiary alicyclic amines) is 1. The van der Waals surface area contributed by atoms with E-state index < -0.39 is 5.91 Å². The maximum Gasteiger partial charge on any atom is 0.287 e. The van der Waals surface area contributed by atoms with Gasteiger partial charge in [0.1, 0.15) is 18.2 Å². The molecule has 2 fully saturated rings. The number of benzene rings is 3. The lowest BCUT2D eigenvalue weighted by molar-refractivity contribution is -0.128. The Hall–Kier alpha value is -5.02. The summed E-state index contributed by atoms with van der Waals surface area (Å²) < 4.78 is 7.49. The Morgan fingerprint density at radius 1 is 1.02 bits per heavy atom. The molecular formula is C38H36ClN5O4. The number of carbonyl (C=O) groups is 2. The zero-order valence-corrected chi connectivity index (χ0v) is 27.2. The van der Waals surface area contributed by atoms with Gasteiger partial charge in [-0.2, -0.15) is 5.10 Å². The highest BCUT2D eigenvalue weighted by Crippen LogP contribution is 2.37. The minimum absolute atomic E-state index is 0.0442. The summed E-state index contributed by atoms with van der Waals surface area (Å²) in [6.07, 6.45) is 11.1. The number of nitrogens with zero attached hydrogens (tertiary/aromatic N) is 4. The van der Waals surface area contributed by atoms with Crippen molar-refractivity contribution in [3.63, 3.8) is 0 Å². The van der Waals surface area contributed by atoms with E-state index in [-0.39, 0.29) is 23.1 Å². The molecule has 3 heterocycles. The molecule has 1 aliphatic carbocycles. The van der Waals surface area contributed by atoms with Gasteiger partial charge in [-0.15, -0.1) is 0 Å². The van der Waals surface area contributed by atoms with Gasteiger partial charge in [0.15, 0.2) is 11.2 Å². The number of hydrogen-bond donors (Lipinski definition) is 1. The predicted molar refractivity (Wildman–Crippen MR) is 184 cm³/mol. The molecule has 0 radical (unpaired) electrons. The smallest absolute Gasteiger partial charge is 0.287 e. The third kappa shape index (κ3) is 7.11. The molecule has 1 saturated carbocycles. The van der Waals surface area contributed by atoms with Crippen LogP contribution in [-0.2, 0) is 17.8 Å². The summed E-state index contributed by atoms with van der Waals surface area (Å²) in [4.78, 5) is 44.9. The molecule has 0 bridgehead atoms. The van der Waals surface area contributed by atoms with Gasteiger partial charge in [-0.1, -0.05) is 59.6 Å². The average molecular weight is 662 g/mol. The van der Waals surface area contributed by atoms with Gasteiger partial charge < -0.3 is 14.6 Å². The van der Waals surface area contributed by atoms with Gasteiger partial charge in [0.2, 0.25) is 5.91 Å². The van der Waals surface area contributed by atoms with Crippen LogP contribution in [0, 0.1) is 0 Å². The molecule has 48 heavy (non-hydrogen) atoms. The van der Waals surface area contributed by atoms with E-state index in [2.05, 4.69) is 45.7 Å². The number of amides is 2. The number of carbonyl (C=O) groups excluding carboxylic acids is 2. The Morgan fingerprint density at radius 3 is 2.58 bits per heavy atom. The molecule has 1 atom stereocenters. The summed E-state index contributed by atoms with van der Waals surface area (Å²) in [5.74, 6) is 0.159. The summed E-state index contributed by atoms with van der Waals surface area (Å²) in [6.45, 7) is 1.51. The van der Waals surface area contributed by atoms with E-state index in [0.717, 1.165) is 44.2 Å². The SMILES string of the molecule is O=C(N[C@H](C=C1CCC(c2ccccc2CN2CCCC2=O)CC1)Cc1ccc(Cl)cc1)c1cc(=O)c2cc(-n3cncn3)ccc2o1. The second kappa shape index (κ2) is 14.0. The van der Waals surface area contributed by atoms with Crippen molar-refractivity contribution in [2.45, 2.75) is 63.5 Å². The molecule has 2 amide bonds. The zero-order chi connectivity index (χ0) is 33.0. The van der Waals surface area contributed by atoms with E-state index in [9.17, 15) is 14.4 Å². The summed E-state index contributed by atoms with van der Waals surface area (Å²) in [5, 5.41) is 8.24. The van der Waals surface area contributed by atoms with Crippen LogP contribution in [0.4, 0.5) is 0 Å². The number of nitrogens with one attached hydrogen (secondary N) is 1. The molecule has 0 unspecified atom stereocenters. The van der Waals surface area contributed by atoms with Crippen LogP contribution in [-0.4, -0.2) is 44.1 Å². The van der Waals surface area contributed by atoms with Crippen molar-refractivity contribution in [2.24, 2.45) is 0 Å². The monoisotopic (exact) mass is 661 g/mol. The summed E-state index contributed by atoms with van der Waals surface area (Å²) in [5.41, 5.74) is 5.56. The highest BCUT2D eigenvalue weighted by Gasteiger charge is 2.25. The van der Waals surface area contributed by atoms with Gasteiger partial charge in [0, 0.05) is 30.6 Å². The molecule has 9 nitrogen and oxygen atoms in total. The molecular weight excluding hydrogens is 626 g/mol. The van der Waals surface area contributed by atoms with E-state index in [0.29, 0.717) is 47.0 Å². The number of fused-ring (bicyclic) bond motifs is 1. The minimum atomic E-state index is -0.454. The summed E-state index contributed by atoms with van der Waals surface area (Å²) in [7, 11) is 0. The number of allylic oxidation sites excluding steroid dienone is 1. The molecule has 7 rings (SSSR count). The maximum atomic E-state index is 13.6. The van der Waals surface area contributed by atoms with Gasteiger partial charge in [-0.25, -0.2) is 9.67 Å². The second-order valence-corrected chi connectivity index (χ2v) is 13.1. The van der Waals surface area contributed by atoms with Crippen molar-refractivity contribution in [1.82, 2.24) is 25.0 Å². The highest BCUT2D eigenvalue weighted by atomic mass is 35.5. The molecule has 5 aromatic rings. The number of aromatic nitrogens is 3. The molecule has 2 aliphatic rings. The normalized spacial score (nSPS) is 17.1. The standard InChI is InChI=1S/C38H36ClN5O4/c39-29-13-9-26(10-14-29)19-30(42-38(47)36-21-34(45)33-20-31(15-16-35(33)48-36)44-24-40-23-41-44)18-25-7-11-27(12-8-25)32-5-2-1-4-28(32)22-43-17-3-6-37(43)46/h1-2,4-5,9-10,13-16,18,20-21,23-24,27,30H,3,6-8,11-12,17,19,22H2,(H,42,47)/t27?,30-/m1/s1. The molecule has 2 aromatic heterocycles. The minimum Gasteiger partial charge on any atom is -0.451 e. The first-order valence-corrected chi connectivity index (χ1v) is 16.8. The van der Waals surface area contributed by atoms with Crippen LogP contribution >= 0.6 is 11.6 Å². The van der Waals surface area contributed by atoms with Gasteiger partial charge >= 0.3 is 0 Å². The lowest BCUT2D eigenvalue weighted by Gasteiger charge is -2.28. The summed E-state index contributed by atoms with van der Waals surface area (Å²) >= 11 is 6.15. The zero-order valence-electron chi connectivity index (χ0n) is 26.5. The third-order valence-corrected chi connectivity index (χ3v) is 9.65. The fourth-order valence-corrected chi connectivity index (χ4v) is 7.04. The number of hydrogen-bond acceptors (Lipinski definition) is 6. The first-order valence-electron chi connectivity index (χ1n) is 16.4. The molecule has 3 aromatic carbocycles. The maximum absolute atomic E-state index is 13.6. The first-order chi connectivity index (χ1) is 23.4. The fourth-order valence-electron chi connectivity index (χ4n) is 6.91. The van der Waals surface area contributed by atoms with Crippen molar-refractivity contribution >= 4 is 34.4 Å². The van der Waals surface area contributed by atoms with Crippen molar-refractivity contribution < 1.29 is 14.0 Å². The molecule has 1 aliphatic heterocycles. The number of rotatable bonds is 9. The van der Waals surface area contributed by atoms with Crippen LogP contribution in [0.5, 0.6) is 0 Å². The van der Waals surface area contributed by atoms with Crippen LogP contribution in [0.15, 0.2) is 106 Å². The average Bonchev–Trinajstić information content (AvgIpc) is 3.79. The van der Waals surface area contributed by atoms with Crippen LogP contribution in [0.1, 0.15) is 71.7 Å².